The van der Waals surface area contributed by atoms with Crippen LogP contribution in [0.25, 0.3) is 0 Å². The first kappa shape index (κ1) is 16.4. The Morgan fingerprint density at radius 1 is 1.35 bits per heavy atom. The van der Waals surface area contributed by atoms with Gasteiger partial charge in [0.1, 0.15) is 0 Å². The number of hydrogen-bond acceptors (Lipinski definition) is 5. The molecule has 20 heavy (non-hydrogen) atoms. The maximum absolute atomic E-state index is 11.8. The highest BCUT2D eigenvalue weighted by Gasteiger charge is 2.27. The molecule has 1 aromatic carbocycles. The Morgan fingerprint density at radius 2 is 2.05 bits per heavy atom. The van der Waals surface area contributed by atoms with E-state index in [0.29, 0.717) is 0 Å². The molecule has 5 nitrogen and oxygen atoms in total. The molecular weight excluding hydrogens is 297 g/mol. The van der Waals surface area contributed by atoms with Crippen molar-refractivity contribution in [2.45, 2.75) is 11.1 Å². The van der Waals surface area contributed by atoms with Crippen LogP contribution in [0.1, 0.15) is 5.56 Å². The van der Waals surface area contributed by atoms with Crippen molar-refractivity contribution in [3.8, 4) is 6.07 Å². The van der Waals surface area contributed by atoms with Gasteiger partial charge in [0.15, 0.2) is 16.4 Å². The largest absolute Gasteiger partial charge is 0.413 e. The highest BCUT2D eigenvalue weighted by atomic mass is 32.2. The second kappa shape index (κ2) is 6.69. The van der Waals surface area contributed by atoms with E-state index in [1.807, 2.05) is 5.48 Å². The van der Waals surface area contributed by atoms with Gasteiger partial charge in [0, 0.05) is 6.54 Å². The van der Waals surface area contributed by atoms with E-state index in [-0.39, 0.29) is 17.0 Å². The van der Waals surface area contributed by atoms with Crippen molar-refractivity contribution in [2.75, 3.05) is 18.9 Å². The molecule has 0 aliphatic heterocycles. The second-order valence-corrected chi connectivity index (χ2v) is 5.87. The summed E-state index contributed by atoms with van der Waals surface area (Å²) in [5.74, 6) is -0.445. The molecule has 1 rings (SSSR count). The molecular formula is C11H11F3N2O3S. The Bertz CT molecular complexity index is 594. The summed E-state index contributed by atoms with van der Waals surface area (Å²) in [4.78, 5) is 4.02. The van der Waals surface area contributed by atoms with Gasteiger partial charge in [-0.25, -0.2) is 13.9 Å². The summed E-state index contributed by atoms with van der Waals surface area (Å²) in [6.07, 6.45) is -4.48. The van der Waals surface area contributed by atoms with E-state index in [2.05, 4.69) is 4.84 Å². The van der Waals surface area contributed by atoms with Crippen LogP contribution in [0, 0.1) is 11.3 Å². The lowest BCUT2D eigenvalue weighted by Gasteiger charge is -2.09. The van der Waals surface area contributed by atoms with Gasteiger partial charge in [-0.15, -0.1) is 0 Å². The first-order valence-corrected chi connectivity index (χ1v) is 7.04. The predicted molar refractivity (Wildman–Crippen MR) is 63.2 cm³/mol. The van der Waals surface area contributed by atoms with Crippen molar-refractivity contribution in [3.05, 3.63) is 29.8 Å². The van der Waals surface area contributed by atoms with Crippen molar-refractivity contribution < 1.29 is 26.4 Å². The van der Waals surface area contributed by atoms with Gasteiger partial charge in [-0.2, -0.15) is 18.4 Å². The maximum Gasteiger partial charge on any atom is 0.413 e. The van der Waals surface area contributed by atoms with Crippen molar-refractivity contribution in [1.82, 2.24) is 5.48 Å². The molecule has 1 aromatic rings. The van der Waals surface area contributed by atoms with Gasteiger partial charge >= 0.3 is 6.18 Å². The van der Waals surface area contributed by atoms with Crippen LogP contribution in [0.4, 0.5) is 13.2 Å². The minimum atomic E-state index is -4.48. The average Bonchev–Trinajstić information content (AvgIpc) is 2.37. The Labute approximate surface area is 113 Å². The summed E-state index contributed by atoms with van der Waals surface area (Å²) < 4.78 is 58.9. The number of nitriles is 1. The number of hydrogen-bond donors (Lipinski definition) is 1. The summed E-state index contributed by atoms with van der Waals surface area (Å²) in [5, 5.41) is 8.67. The summed E-state index contributed by atoms with van der Waals surface area (Å²) in [5.41, 5.74) is 2.12. The topological polar surface area (TPSA) is 79.2 Å². The molecule has 0 aromatic heterocycles. The third-order valence-electron chi connectivity index (χ3n) is 2.13. The highest BCUT2D eigenvalue weighted by Crippen LogP contribution is 2.14. The van der Waals surface area contributed by atoms with E-state index in [4.69, 9.17) is 5.26 Å². The van der Waals surface area contributed by atoms with Gasteiger partial charge in [0.05, 0.1) is 22.3 Å². The first-order chi connectivity index (χ1) is 9.24. The third kappa shape index (κ3) is 5.56. The van der Waals surface area contributed by atoms with Crippen LogP contribution in [0.2, 0.25) is 0 Å². The Morgan fingerprint density at radius 3 is 2.65 bits per heavy atom. The SMILES string of the molecule is N#Cc1cccc(S(=O)(=O)CCNOCC(F)(F)F)c1. The summed E-state index contributed by atoms with van der Waals surface area (Å²) in [7, 11) is -3.68. The zero-order valence-electron chi connectivity index (χ0n) is 10.1. The molecule has 0 saturated heterocycles. The fourth-order valence-electron chi connectivity index (χ4n) is 1.26. The zero-order valence-corrected chi connectivity index (χ0v) is 11.0. The standard InChI is InChI=1S/C11H11F3N2O3S/c12-11(13,14)8-19-16-4-5-20(17,18)10-3-1-2-9(6-10)7-15/h1-3,6,16H,4-5,8H2. The molecule has 0 bridgehead atoms. The van der Waals surface area contributed by atoms with Gasteiger partial charge in [-0.3, -0.25) is 4.84 Å². The van der Waals surface area contributed by atoms with E-state index in [0.717, 1.165) is 0 Å². The Hall–Kier alpha value is -1.63. The molecule has 1 N–H and O–H groups in total. The number of nitrogens with one attached hydrogen (secondary N) is 1. The Kier molecular flexibility index (Phi) is 5.50. The quantitative estimate of drug-likeness (QED) is 0.635. The van der Waals surface area contributed by atoms with E-state index < -0.39 is 28.4 Å². The Balaban J connectivity index is 2.52. The van der Waals surface area contributed by atoms with Gasteiger partial charge in [-0.05, 0) is 18.2 Å². The monoisotopic (exact) mass is 308 g/mol. The lowest BCUT2D eigenvalue weighted by molar-refractivity contribution is -0.188. The molecule has 110 valence electrons. The molecule has 9 heteroatoms. The fourth-order valence-corrected chi connectivity index (χ4v) is 2.44. The maximum atomic E-state index is 11.8. The molecule has 0 spiro atoms. The van der Waals surface area contributed by atoms with Crippen LogP contribution in [0.5, 0.6) is 0 Å². The number of rotatable bonds is 6. The van der Waals surface area contributed by atoms with Crippen molar-refractivity contribution in [2.24, 2.45) is 0 Å². The minimum absolute atomic E-state index is 0.0610. The summed E-state index contributed by atoms with van der Waals surface area (Å²) in [6, 6.07) is 7.18. The number of benzene rings is 1. The number of hydroxylamine groups is 1. The molecule has 0 saturated carbocycles. The van der Waals surface area contributed by atoms with Gasteiger partial charge in [0.25, 0.3) is 0 Å². The van der Waals surface area contributed by atoms with Crippen LogP contribution in [0.15, 0.2) is 29.2 Å². The number of halogens is 3. The lowest BCUT2D eigenvalue weighted by atomic mass is 10.2. The molecule has 0 aliphatic rings. The molecule has 0 heterocycles. The van der Waals surface area contributed by atoms with Crippen LogP contribution in [-0.2, 0) is 14.7 Å². The number of alkyl halides is 3. The van der Waals surface area contributed by atoms with Crippen molar-refractivity contribution >= 4 is 9.84 Å². The van der Waals surface area contributed by atoms with Gasteiger partial charge in [-0.1, -0.05) is 6.07 Å². The third-order valence-corrected chi connectivity index (χ3v) is 3.85. The average molecular weight is 308 g/mol. The van der Waals surface area contributed by atoms with E-state index in [9.17, 15) is 21.6 Å². The van der Waals surface area contributed by atoms with Crippen molar-refractivity contribution in [1.29, 1.82) is 5.26 Å². The van der Waals surface area contributed by atoms with E-state index in [1.165, 1.54) is 24.3 Å². The van der Waals surface area contributed by atoms with Crippen LogP contribution >= 0.6 is 0 Å². The fraction of sp³-hybridized carbons (Fsp3) is 0.364. The molecule has 0 atom stereocenters. The van der Waals surface area contributed by atoms with E-state index in [1.54, 1.807) is 6.07 Å². The molecule has 0 amide bonds. The van der Waals surface area contributed by atoms with Crippen molar-refractivity contribution in [3.63, 3.8) is 0 Å². The normalized spacial score (nSPS) is 12.1. The molecule has 0 radical (unpaired) electrons. The number of nitrogens with zero attached hydrogens (tertiary/aromatic N) is 1. The predicted octanol–water partition coefficient (Wildman–Crippen LogP) is 1.42. The molecule has 0 unspecified atom stereocenters. The van der Waals surface area contributed by atoms with Crippen LogP contribution < -0.4 is 5.48 Å². The van der Waals surface area contributed by atoms with Gasteiger partial charge in [0.2, 0.25) is 0 Å². The first-order valence-electron chi connectivity index (χ1n) is 5.39. The molecule has 0 fully saturated rings. The number of sulfone groups is 1. The smallest absolute Gasteiger partial charge is 0.292 e. The summed E-state index contributed by atoms with van der Waals surface area (Å²) >= 11 is 0. The second-order valence-electron chi connectivity index (χ2n) is 3.76. The molecule has 0 aliphatic carbocycles. The minimum Gasteiger partial charge on any atom is -0.292 e. The zero-order chi connectivity index (χ0) is 15.2. The van der Waals surface area contributed by atoms with E-state index >= 15 is 0 Å². The van der Waals surface area contributed by atoms with Gasteiger partial charge < -0.3 is 0 Å². The van der Waals surface area contributed by atoms with Crippen LogP contribution in [-0.4, -0.2) is 33.5 Å². The summed E-state index contributed by atoms with van der Waals surface area (Å²) in [6.45, 7) is -1.80. The van der Waals surface area contributed by atoms with Crippen LogP contribution in [0.3, 0.4) is 0 Å². The highest BCUT2D eigenvalue weighted by molar-refractivity contribution is 7.91. The lowest BCUT2D eigenvalue weighted by Crippen LogP contribution is -2.28.